The SMILES string of the molecule is CCOC(=O)c1c(C2CC2)csc1NC(=O)C[NH+]1CCc2ccccc2C1. The number of carbonyl (C=O) groups is 2. The van der Waals surface area contributed by atoms with Gasteiger partial charge in [-0.2, -0.15) is 0 Å². The van der Waals surface area contributed by atoms with E-state index in [0.29, 0.717) is 29.6 Å². The summed E-state index contributed by atoms with van der Waals surface area (Å²) >= 11 is 1.44. The number of carbonyl (C=O) groups excluding carboxylic acids is 2. The second kappa shape index (κ2) is 7.82. The van der Waals surface area contributed by atoms with Crippen molar-refractivity contribution < 1.29 is 19.2 Å². The molecule has 1 saturated carbocycles. The van der Waals surface area contributed by atoms with E-state index in [1.807, 2.05) is 5.38 Å². The van der Waals surface area contributed by atoms with Gasteiger partial charge in [-0.25, -0.2) is 4.79 Å². The highest BCUT2D eigenvalue weighted by molar-refractivity contribution is 7.15. The van der Waals surface area contributed by atoms with Crippen LogP contribution in [0.2, 0.25) is 0 Å². The summed E-state index contributed by atoms with van der Waals surface area (Å²) in [7, 11) is 0. The van der Waals surface area contributed by atoms with Crippen LogP contribution in [0.1, 0.15) is 52.7 Å². The maximum Gasteiger partial charge on any atom is 0.341 e. The molecule has 0 saturated heterocycles. The molecule has 2 heterocycles. The number of thiophene rings is 1. The largest absolute Gasteiger partial charge is 0.462 e. The molecule has 5 nitrogen and oxygen atoms in total. The minimum absolute atomic E-state index is 0.0425. The highest BCUT2D eigenvalue weighted by atomic mass is 32.1. The van der Waals surface area contributed by atoms with Gasteiger partial charge in [-0.15, -0.1) is 11.3 Å². The summed E-state index contributed by atoms with van der Waals surface area (Å²) in [5, 5.41) is 5.62. The zero-order valence-electron chi connectivity index (χ0n) is 15.5. The summed E-state index contributed by atoms with van der Waals surface area (Å²) in [6.07, 6.45) is 3.21. The van der Waals surface area contributed by atoms with Crippen molar-refractivity contribution >= 4 is 28.2 Å². The number of rotatable bonds is 6. The van der Waals surface area contributed by atoms with E-state index >= 15 is 0 Å². The molecule has 27 heavy (non-hydrogen) atoms. The fraction of sp³-hybridized carbons (Fsp3) is 0.429. The number of anilines is 1. The van der Waals surface area contributed by atoms with E-state index in [4.69, 9.17) is 4.74 Å². The van der Waals surface area contributed by atoms with Crippen LogP contribution in [-0.2, 0) is 22.5 Å². The van der Waals surface area contributed by atoms with Gasteiger partial charge in [0, 0.05) is 12.0 Å². The molecular weight excluding hydrogens is 360 g/mol. The van der Waals surface area contributed by atoms with E-state index in [1.165, 1.54) is 27.4 Å². The molecular formula is C21H25N2O3S+. The predicted molar refractivity (Wildman–Crippen MR) is 105 cm³/mol. The van der Waals surface area contributed by atoms with Crippen molar-refractivity contribution in [3.63, 3.8) is 0 Å². The molecule has 2 aliphatic rings. The first-order valence-electron chi connectivity index (χ1n) is 9.64. The Hall–Kier alpha value is -2.18. The van der Waals surface area contributed by atoms with Crippen LogP contribution in [0.4, 0.5) is 5.00 Å². The third-order valence-electron chi connectivity index (χ3n) is 5.29. The van der Waals surface area contributed by atoms with Gasteiger partial charge in [0.15, 0.2) is 6.54 Å². The Morgan fingerprint density at radius 1 is 1.26 bits per heavy atom. The van der Waals surface area contributed by atoms with Crippen molar-refractivity contribution in [2.45, 2.75) is 38.6 Å². The summed E-state index contributed by atoms with van der Waals surface area (Å²) < 4.78 is 5.23. The molecule has 4 rings (SSSR count). The van der Waals surface area contributed by atoms with Crippen LogP contribution in [0.15, 0.2) is 29.6 Å². The molecule has 2 N–H and O–H groups in total. The molecule has 1 aromatic carbocycles. The van der Waals surface area contributed by atoms with Crippen LogP contribution in [0.3, 0.4) is 0 Å². The van der Waals surface area contributed by atoms with Gasteiger partial charge in [-0.05, 0) is 42.2 Å². The molecule has 0 spiro atoms. The van der Waals surface area contributed by atoms with Crippen LogP contribution in [-0.4, -0.2) is 31.6 Å². The summed E-state index contributed by atoms with van der Waals surface area (Å²) in [5.41, 5.74) is 4.31. The summed E-state index contributed by atoms with van der Waals surface area (Å²) in [4.78, 5) is 26.3. The van der Waals surface area contributed by atoms with Crippen LogP contribution in [0.5, 0.6) is 0 Å². The molecule has 0 bridgehead atoms. The monoisotopic (exact) mass is 385 g/mol. The van der Waals surface area contributed by atoms with Gasteiger partial charge in [-0.1, -0.05) is 24.3 Å². The zero-order chi connectivity index (χ0) is 18.8. The zero-order valence-corrected chi connectivity index (χ0v) is 16.4. The second-order valence-corrected chi connectivity index (χ2v) is 8.19. The van der Waals surface area contributed by atoms with Crippen molar-refractivity contribution in [2.24, 2.45) is 0 Å². The summed E-state index contributed by atoms with van der Waals surface area (Å²) in [6, 6.07) is 8.44. The average molecular weight is 386 g/mol. The van der Waals surface area contributed by atoms with Crippen LogP contribution in [0, 0.1) is 0 Å². The number of benzene rings is 1. The van der Waals surface area contributed by atoms with E-state index in [0.717, 1.165) is 37.9 Å². The summed E-state index contributed by atoms with van der Waals surface area (Å²) in [6.45, 7) is 4.37. The standard InChI is InChI=1S/C21H24N2O3S/c1-2-26-21(25)19-17(15-7-8-15)13-27-20(19)22-18(24)12-23-10-9-14-5-3-4-6-16(14)11-23/h3-6,13,15H,2,7-12H2,1H3,(H,22,24)/p+1. The van der Waals surface area contributed by atoms with E-state index in [1.54, 1.807) is 6.92 Å². The van der Waals surface area contributed by atoms with E-state index in [2.05, 4.69) is 29.6 Å². The van der Waals surface area contributed by atoms with E-state index < -0.39 is 0 Å². The van der Waals surface area contributed by atoms with Gasteiger partial charge in [0.2, 0.25) is 0 Å². The fourth-order valence-corrected chi connectivity index (χ4v) is 4.81. The van der Waals surface area contributed by atoms with Crippen molar-refractivity contribution in [3.05, 3.63) is 51.9 Å². The first-order chi connectivity index (χ1) is 13.2. The van der Waals surface area contributed by atoms with Crippen molar-refractivity contribution in [1.29, 1.82) is 0 Å². The first-order valence-corrected chi connectivity index (χ1v) is 10.5. The summed E-state index contributed by atoms with van der Waals surface area (Å²) in [5.74, 6) is 0.0739. The van der Waals surface area contributed by atoms with Gasteiger partial charge < -0.3 is 15.0 Å². The van der Waals surface area contributed by atoms with E-state index in [-0.39, 0.29) is 11.9 Å². The Balaban J connectivity index is 1.43. The Labute approximate surface area is 163 Å². The maximum absolute atomic E-state index is 12.6. The minimum Gasteiger partial charge on any atom is -0.462 e. The Kier molecular flexibility index (Phi) is 5.27. The minimum atomic E-state index is -0.324. The number of hydrogen-bond acceptors (Lipinski definition) is 4. The average Bonchev–Trinajstić information content (AvgIpc) is 3.42. The lowest BCUT2D eigenvalue weighted by Crippen LogP contribution is -3.12. The number of esters is 1. The smallest absolute Gasteiger partial charge is 0.341 e. The maximum atomic E-state index is 12.6. The van der Waals surface area contributed by atoms with Gasteiger partial charge in [-0.3, -0.25) is 4.79 Å². The Morgan fingerprint density at radius 3 is 2.78 bits per heavy atom. The highest BCUT2D eigenvalue weighted by Crippen LogP contribution is 2.46. The molecule has 2 aromatic rings. The van der Waals surface area contributed by atoms with Gasteiger partial charge >= 0.3 is 5.97 Å². The third-order valence-corrected chi connectivity index (χ3v) is 6.20. The quantitative estimate of drug-likeness (QED) is 0.751. The highest BCUT2D eigenvalue weighted by Gasteiger charge is 2.32. The molecule has 1 amide bonds. The van der Waals surface area contributed by atoms with Gasteiger partial charge in [0.25, 0.3) is 5.91 Å². The topological polar surface area (TPSA) is 59.8 Å². The normalized spacial score (nSPS) is 18.6. The number of amides is 1. The number of fused-ring (bicyclic) bond motifs is 1. The number of quaternary nitrogens is 1. The molecule has 1 aliphatic carbocycles. The van der Waals surface area contributed by atoms with E-state index in [9.17, 15) is 9.59 Å². The number of hydrogen-bond donors (Lipinski definition) is 2. The molecule has 1 unspecified atom stereocenters. The number of nitrogens with one attached hydrogen (secondary N) is 2. The molecule has 1 aromatic heterocycles. The van der Waals surface area contributed by atoms with Gasteiger partial charge in [0.1, 0.15) is 11.5 Å². The third kappa shape index (κ3) is 4.06. The predicted octanol–water partition coefficient (Wildman–Crippen LogP) is 2.38. The molecule has 142 valence electrons. The van der Waals surface area contributed by atoms with Gasteiger partial charge in [0.05, 0.1) is 18.7 Å². The molecule has 1 atom stereocenters. The lowest BCUT2D eigenvalue weighted by molar-refractivity contribution is -0.907. The van der Waals surface area contributed by atoms with Crippen LogP contribution >= 0.6 is 11.3 Å². The van der Waals surface area contributed by atoms with Crippen LogP contribution in [0.25, 0.3) is 0 Å². The van der Waals surface area contributed by atoms with Crippen molar-refractivity contribution in [2.75, 3.05) is 25.0 Å². The fourth-order valence-electron chi connectivity index (χ4n) is 3.76. The Bertz CT molecular complexity index is 857. The molecule has 1 fully saturated rings. The van der Waals surface area contributed by atoms with Crippen molar-refractivity contribution in [1.82, 2.24) is 0 Å². The lowest BCUT2D eigenvalue weighted by atomic mass is 10.00. The second-order valence-electron chi connectivity index (χ2n) is 7.31. The lowest BCUT2D eigenvalue weighted by Gasteiger charge is -2.25. The molecule has 0 radical (unpaired) electrons. The molecule has 1 aliphatic heterocycles. The first kappa shape index (κ1) is 18.2. The molecule has 6 heteroatoms. The van der Waals surface area contributed by atoms with Crippen LogP contribution < -0.4 is 10.2 Å². The van der Waals surface area contributed by atoms with Crippen molar-refractivity contribution in [3.8, 4) is 0 Å². The Morgan fingerprint density at radius 2 is 2.04 bits per heavy atom. The number of ether oxygens (including phenoxy) is 1.